The highest BCUT2D eigenvalue weighted by molar-refractivity contribution is 5.76. The lowest BCUT2D eigenvalue weighted by Crippen LogP contribution is -2.24. The normalized spacial score (nSPS) is 11.3. The van der Waals surface area contributed by atoms with Gasteiger partial charge in [0.2, 0.25) is 5.91 Å². The summed E-state index contributed by atoms with van der Waals surface area (Å²) >= 11 is 0. The van der Waals surface area contributed by atoms with E-state index in [0.717, 1.165) is 19.4 Å². The van der Waals surface area contributed by atoms with Crippen LogP contribution in [-0.2, 0) is 4.79 Å². The molecule has 1 amide bonds. The lowest BCUT2D eigenvalue weighted by molar-refractivity contribution is -0.120. The Morgan fingerprint density at radius 1 is 1.42 bits per heavy atom. The van der Waals surface area contributed by atoms with E-state index in [1.807, 2.05) is 0 Å². The molecule has 2 nitrogen and oxygen atoms in total. The van der Waals surface area contributed by atoms with Crippen LogP contribution in [0.15, 0.2) is 0 Å². The summed E-state index contributed by atoms with van der Waals surface area (Å²) in [6.45, 7) is 10.9. The summed E-state index contributed by atoms with van der Waals surface area (Å²) in [7, 11) is 0. The highest BCUT2D eigenvalue weighted by atomic mass is 16.1. The molecule has 0 fully saturated rings. The average molecular weight is 170 g/mol. The van der Waals surface area contributed by atoms with Gasteiger partial charge in [-0.2, -0.15) is 0 Å². The standard InChI is InChI=1S/C10H20NO/c1-5-9(12)11-8-6-7-10(2,3)4/h1,5-8H2,2-4H3,(H,11,12). The van der Waals surface area contributed by atoms with Crippen molar-refractivity contribution in [3.05, 3.63) is 6.92 Å². The summed E-state index contributed by atoms with van der Waals surface area (Å²) in [5, 5.41) is 2.80. The van der Waals surface area contributed by atoms with E-state index in [0.29, 0.717) is 11.8 Å². The van der Waals surface area contributed by atoms with Crippen LogP contribution in [0.3, 0.4) is 0 Å². The zero-order chi connectivity index (χ0) is 9.61. The molecular formula is C10H20NO. The molecule has 0 saturated heterocycles. The molecule has 0 aliphatic heterocycles. The number of nitrogens with one attached hydrogen (secondary N) is 1. The first-order valence-corrected chi connectivity index (χ1v) is 4.51. The molecule has 0 atom stereocenters. The molecule has 0 unspecified atom stereocenters. The van der Waals surface area contributed by atoms with Gasteiger partial charge in [-0.1, -0.05) is 20.8 Å². The highest BCUT2D eigenvalue weighted by Crippen LogP contribution is 2.19. The fourth-order valence-electron chi connectivity index (χ4n) is 0.935. The van der Waals surface area contributed by atoms with Crippen molar-refractivity contribution < 1.29 is 4.79 Å². The largest absolute Gasteiger partial charge is 0.356 e. The zero-order valence-electron chi connectivity index (χ0n) is 8.44. The minimum atomic E-state index is 0.0453. The van der Waals surface area contributed by atoms with Gasteiger partial charge in [0.1, 0.15) is 0 Å². The summed E-state index contributed by atoms with van der Waals surface area (Å²) in [5.74, 6) is 0.0453. The first-order chi connectivity index (χ1) is 5.45. The predicted octanol–water partition coefficient (Wildman–Crippen LogP) is 2.15. The number of carbonyl (C=O) groups is 1. The smallest absolute Gasteiger partial charge is 0.219 e. The van der Waals surface area contributed by atoms with Gasteiger partial charge in [-0.25, -0.2) is 0 Å². The third-order valence-electron chi connectivity index (χ3n) is 1.65. The second-order valence-electron chi connectivity index (χ2n) is 4.26. The Labute approximate surface area is 75.7 Å². The van der Waals surface area contributed by atoms with E-state index in [1.165, 1.54) is 0 Å². The molecule has 0 aromatic heterocycles. The van der Waals surface area contributed by atoms with E-state index < -0.39 is 0 Å². The van der Waals surface area contributed by atoms with Crippen molar-refractivity contribution in [2.75, 3.05) is 6.54 Å². The van der Waals surface area contributed by atoms with E-state index >= 15 is 0 Å². The number of hydrogen-bond donors (Lipinski definition) is 1. The molecule has 0 aromatic rings. The Kier molecular flexibility index (Phi) is 4.95. The van der Waals surface area contributed by atoms with Crippen LogP contribution in [0.1, 0.15) is 40.0 Å². The van der Waals surface area contributed by atoms with Crippen LogP contribution >= 0.6 is 0 Å². The second kappa shape index (κ2) is 5.18. The maximum atomic E-state index is 10.8. The minimum absolute atomic E-state index is 0.0453. The Hall–Kier alpha value is -0.530. The molecule has 0 rings (SSSR count). The lowest BCUT2D eigenvalue weighted by atomic mass is 9.91. The molecule has 0 aliphatic rings. The molecule has 0 heterocycles. The van der Waals surface area contributed by atoms with Crippen molar-refractivity contribution >= 4 is 5.91 Å². The Balaban J connectivity index is 3.28. The van der Waals surface area contributed by atoms with Gasteiger partial charge in [0, 0.05) is 13.0 Å². The van der Waals surface area contributed by atoms with E-state index in [1.54, 1.807) is 0 Å². The van der Waals surface area contributed by atoms with Crippen molar-refractivity contribution in [1.29, 1.82) is 0 Å². The maximum absolute atomic E-state index is 10.8. The minimum Gasteiger partial charge on any atom is -0.356 e. The van der Waals surface area contributed by atoms with Crippen LogP contribution in [-0.4, -0.2) is 12.5 Å². The second-order valence-corrected chi connectivity index (χ2v) is 4.26. The number of carbonyl (C=O) groups excluding carboxylic acids is 1. The molecule has 0 aliphatic carbocycles. The van der Waals surface area contributed by atoms with Crippen LogP contribution in [0.4, 0.5) is 0 Å². The fourth-order valence-corrected chi connectivity index (χ4v) is 0.935. The van der Waals surface area contributed by atoms with Crippen LogP contribution in [0, 0.1) is 12.3 Å². The fraction of sp³-hybridized carbons (Fsp3) is 0.800. The van der Waals surface area contributed by atoms with E-state index in [9.17, 15) is 4.79 Å². The van der Waals surface area contributed by atoms with Gasteiger partial charge >= 0.3 is 0 Å². The predicted molar refractivity (Wildman–Crippen MR) is 51.7 cm³/mol. The lowest BCUT2D eigenvalue weighted by Gasteiger charge is -2.17. The monoisotopic (exact) mass is 170 g/mol. The molecule has 0 aromatic carbocycles. The van der Waals surface area contributed by atoms with Gasteiger partial charge in [0.05, 0.1) is 0 Å². The van der Waals surface area contributed by atoms with E-state index in [2.05, 4.69) is 33.0 Å². The molecule has 12 heavy (non-hydrogen) atoms. The van der Waals surface area contributed by atoms with E-state index in [4.69, 9.17) is 0 Å². The van der Waals surface area contributed by atoms with Gasteiger partial charge in [-0.05, 0) is 25.2 Å². The van der Waals surface area contributed by atoms with Crippen molar-refractivity contribution in [1.82, 2.24) is 5.32 Å². The molecule has 1 N–H and O–H groups in total. The van der Waals surface area contributed by atoms with Crippen molar-refractivity contribution in [2.45, 2.75) is 40.0 Å². The molecule has 1 radical (unpaired) electrons. The summed E-state index contributed by atoms with van der Waals surface area (Å²) in [6.07, 6.45) is 2.54. The van der Waals surface area contributed by atoms with Crippen molar-refractivity contribution in [3.63, 3.8) is 0 Å². The SMILES string of the molecule is [CH2]CC(=O)NCCCC(C)(C)C. The molecule has 0 spiro atoms. The molecule has 0 bridgehead atoms. The average Bonchev–Trinajstić information content (AvgIpc) is 1.96. The van der Waals surface area contributed by atoms with Crippen LogP contribution in [0.25, 0.3) is 0 Å². The van der Waals surface area contributed by atoms with Gasteiger partial charge in [-0.15, -0.1) is 0 Å². The van der Waals surface area contributed by atoms with Crippen molar-refractivity contribution in [3.8, 4) is 0 Å². The summed E-state index contributed by atoms with van der Waals surface area (Å²) < 4.78 is 0. The zero-order valence-corrected chi connectivity index (χ0v) is 8.44. The Morgan fingerprint density at radius 2 is 2.00 bits per heavy atom. The molecule has 2 heteroatoms. The third-order valence-corrected chi connectivity index (χ3v) is 1.65. The Bertz CT molecular complexity index is 135. The van der Waals surface area contributed by atoms with Crippen LogP contribution < -0.4 is 5.32 Å². The highest BCUT2D eigenvalue weighted by Gasteiger charge is 2.08. The Morgan fingerprint density at radius 3 is 2.42 bits per heavy atom. The number of hydrogen-bond acceptors (Lipinski definition) is 1. The molecular weight excluding hydrogens is 150 g/mol. The number of amides is 1. The van der Waals surface area contributed by atoms with Crippen LogP contribution in [0.5, 0.6) is 0 Å². The summed E-state index contributed by atoms with van der Waals surface area (Å²) in [4.78, 5) is 10.8. The van der Waals surface area contributed by atoms with Crippen molar-refractivity contribution in [2.24, 2.45) is 5.41 Å². The quantitative estimate of drug-likeness (QED) is 0.643. The molecule has 0 saturated carbocycles. The third kappa shape index (κ3) is 7.58. The first-order valence-electron chi connectivity index (χ1n) is 4.51. The van der Waals surface area contributed by atoms with Gasteiger partial charge < -0.3 is 5.32 Å². The molecule has 71 valence electrons. The topological polar surface area (TPSA) is 29.1 Å². The summed E-state index contributed by atoms with van der Waals surface area (Å²) in [5.41, 5.74) is 0.370. The van der Waals surface area contributed by atoms with E-state index in [-0.39, 0.29) is 5.91 Å². The van der Waals surface area contributed by atoms with Crippen LogP contribution in [0.2, 0.25) is 0 Å². The van der Waals surface area contributed by atoms with Gasteiger partial charge in [0.15, 0.2) is 0 Å². The van der Waals surface area contributed by atoms with Gasteiger partial charge in [-0.3, -0.25) is 4.79 Å². The maximum Gasteiger partial charge on any atom is 0.219 e. The number of rotatable bonds is 4. The van der Waals surface area contributed by atoms with Gasteiger partial charge in [0.25, 0.3) is 0 Å². The summed E-state index contributed by atoms with van der Waals surface area (Å²) in [6, 6.07) is 0. The first kappa shape index (κ1) is 11.5.